The van der Waals surface area contributed by atoms with E-state index in [0.717, 1.165) is 10.2 Å². The van der Waals surface area contributed by atoms with Crippen molar-refractivity contribution in [1.82, 2.24) is 30.5 Å². The van der Waals surface area contributed by atoms with Crippen LogP contribution < -0.4 is 5.32 Å². The topological polar surface area (TPSA) is 98.7 Å². The van der Waals surface area contributed by atoms with Crippen molar-refractivity contribution in [2.24, 2.45) is 0 Å². The summed E-state index contributed by atoms with van der Waals surface area (Å²) in [5.74, 6) is 0.933. The number of benzene rings is 1. The number of carbonyl (C=O) groups excluding carboxylic acids is 1. The number of halogens is 1. The van der Waals surface area contributed by atoms with Crippen LogP contribution >= 0.6 is 15.9 Å². The molecule has 3 aromatic rings. The van der Waals surface area contributed by atoms with Gasteiger partial charge in [0.15, 0.2) is 11.5 Å². The van der Waals surface area contributed by atoms with Crippen LogP contribution in [-0.4, -0.2) is 37.6 Å². The molecular formula is C16H17BrN6O2. The Morgan fingerprint density at radius 1 is 1.36 bits per heavy atom. The predicted molar refractivity (Wildman–Crippen MR) is 93.5 cm³/mol. The van der Waals surface area contributed by atoms with Crippen molar-refractivity contribution in [3.63, 3.8) is 0 Å². The first-order valence-electron chi connectivity index (χ1n) is 7.80. The maximum atomic E-state index is 12.3. The lowest BCUT2D eigenvalue weighted by Gasteiger charge is -2.05. The van der Waals surface area contributed by atoms with E-state index in [0.29, 0.717) is 42.5 Å². The number of hydrogen-bond donors (Lipinski definition) is 1. The van der Waals surface area contributed by atoms with Crippen LogP contribution in [0.4, 0.5) is 0 Å². The molecule has 2 heterocycles. The molecule has 0 aliphatic rings. The van der Waals surface area contributed by atoms with Gasteiger partial charge in [-0.1, -0.05) is 32.4 Å². The van der Waals surface area contributed by atoms with E-state index < -0.39 is 0 Å². The maximum Gasteiger partial charge on any atom is 0.273 e. The van der Waals surface area contributed by atoms with Gasteiger partial charge in [0.2, 0.25) is 5.89 Å². The molecular weight excluding hydrogens is 388 g/mol. The second-order valence-corrected chi connectivity index (χ2v) is 6.43. The summed E-state index contributed by atoms with van der Waals surface area (Å²) in [7, 11) is 0. The minimum absolute atomic E-state index is 0.250. The third-order valence-corrected chi connectivity index (χ3v) is 4.08. The Morgan fingerprint density at radius 2 is 2.20 bits per heavy atom. The van der Waals surface area contributed by atoms with Crippen molar-refractivity contribution in [1.29, 1.82) is 0 Å². The van der Waals surface area contributed by atoms with Gasteiger partial charge in [-0.15, -0.1) is 5.10 Å². The molecule has 1 aromatic carbocycles. The highest BCUT2D eigenvalue weighted by molar-refractivity contribution is 9.10. The van der Waals surface area contributed by atoms with Crippen LogP contribution in [-0.2, 0) is 6.42 Å². The molecule has 0 fully saturated rings. The summed E-state index contributed by atoms with van der Waals surface area (Å²) in [6.45, 7) is 4.08. The van der Waals surface area contributed by atoms with Gasteiger partial charge in [-0.25, -0.2) is 4.68 Å². The van der Waals surface area contributed by atoms with E-state index in [1.807, 2.05) is 31.2 Å². The number of nitrogens with one attached hydrogen (secondary N) is 1. The maximum absolute atomic E-state index is 12.3. The molecule has 25 heavy (non-hydrogen) atoms. The molecule has 0 aliphatic carbocycles. The standard InChI is InChI=1S/C16H17BrN6O2/c1-10-15(20-22-23(10)13-6-3-5-12(17)9-13)16(24)18-8-4-7-14-19-11(2)21-25-14/h3,5-6,9H,4,7-8H2,1-2H3,(H,18,24). The molecule has 0 atom stereocenters. The molecule has 0 bridgehead atoms. The normalized spacial score (nSPS) is 10.8. The van der Waals surface area contributed by atoms with E-state index in [2.05, 4.69) is 41.7 Å². The Hall–Kier alpha value is -2.55. The Labute approximate surface area is 152 Å². The highest BCUT2D eigenvalue weighted by atomic mass is 79.9. The molecule has 1 amide bonds. The summed E-state index contributed by atoms with van der Waals surface area (Å²) in [6.07, 6.45) is 1.32. The largest absolute Gasteiger partial charge is 0.351 e. The van der Waals surface area contributed by atoms with E-state index in [1.165, 1.54) is 0 Å². The van der Waals surface area contributed by atoms with Crippen LogP contribution in [0.2, 0.25) is 0 Å². The fraction of sp³-hybridized carbons (Fsp3) is 0.312. The first kappa shape index (κ1) is 17.3. The number of rotatable bonds is 6. The summed E-state index contributed by atoms with van der Waals surface area (Å²) in [5, 5.41) is 14.7. The lowest BCUT2D eigenvalue weighted by molar-refractivity contribution is 0.0947. The summed E-state index contributed by atoms with van der Waals surface area (Å²) in [4.78, 5) is 16.4. The first-order valence-corrected chi connectivity index (χ1v) is 8.59. The molecule has 0 saturated heterocycles. The zero-order chi connectivity index (χ0) is 17.8. The summed E-state index contributed by atoms with van der Waals surface area (Å²) in [5.41, 5.74) is 1.84. The van der Waals surface area contributed by atoms with Crippen molar-refractivity contribution in [3.8, 4) is 5.69 Å². The molecule has 0 spiro atoms. The summed E-state index contributed by atoms with van der Waals surface area (Å²) < 4.78 is 7.61. The lowest BCUT2D eigenvalue weighted by atomic mass is 10.2. The quantitative estimate of drug-likeness (QED) is 0.633. The van der Waals surface area contributed by atoms with E-state index >= 15 is 0 Å². The SMILES string of the molecule is Cc1noc(CCCNC(=O)c2nnn(-c3cccc(Br)c3)c2C)n1. The fourth-order valence-electron chi connectivity index (χ4n) is 2.36. The molecule has 130 valence electrons. The zero-order valence-corrected chi connectivity index (χ0v) is 15.4. The molecule has 1 N–H and O–H groups in total. The van der Waals surface area contributed by atoms with Crippen molar-refractivity contribution in [2.45, 2.75) is 26.7 Å². The number of nitrogens with zero attached hydrogens (tertiary/aromatic N) is 5. The molecule has 0 radical (unpaired) electrons. The fourth-order valence-corrected chi connectivity index (χ4v) is 2.75. The highest BCUT2D eigenvalue weighted by Crippen LogP contribution is 2.17. The number of aryl methyl sites for hydroxylation is 2. The third kappa shape index (κ3) is 4.11. The number of amides is 1. The second-order valence-electron chi connectivity index (χ2n) is 5.51. The van der Waals surface area contributed by atoms with Crippen LogP contribution in [0.3, 0.4) is 0 Å². The predicted octanol–water partition coefficient (Wildman–Crippen LogP) is 2.39. The third-order valence-electron chi connectivity index (χ3n) is 3.59. The molecule has 0 saturated carbocycles. The zero-order valence-electron chi connectivity index (χ0n) is 13.9. The van der Waals surface area contributed by atoms with Gasteiger partial charge in [0.05, 0.1) is 11.4 Å². The number of aromatic nitrogens is 5. The lowest BCUT2D eigenvalue weighted by Crippen LogP contribution is -2.26. The molecule has 0 aliphatic heterocycles. The van der Waals surface area contributed by atoms with Crippen LogP contribution in [0.15, 0.2) is 33.3 Å². The second kappa shape index (κ2) is 7.56. The van der Waals surface area contributed by atoms with Gasteiger partial charge in [0, 0.05) is 17.4 Å². The molecule has 9 heteroatoms. The van der Waals surface area contributed by atoms with Crippen LogP contribution in [0.25, 0.3) is 5.69 Å². The molecule has 2 aromatic heterocycles. The smallest absolute Gasteiger partial charge is 0.273 e. The molecule has 8 nitrogen and oxygen atoms in total. The van der Waals surface area contributed by atoms with Gasteiger partial charge in [-0.3, -0.25) is 4.79 Å². The highest BCUT2D eigenvalue weighted by Gasteiger charge is 2.17. The van der Waals surface area contributed by atoms with Crippen molar-refractivity contribution in [2.75, 3.05) is 6.54 Å². The van der Waals surface area contributed by atoms with Gasteiger partial charge in [0.1, 0.15) is 0 Å². The minimum Gasteiger partial charge on any atom is -0.351 e. The van der Waals surface area contributed by atoms with Crippen LogP contribution in [0, 0.1) is 13.8 Å². The first-order chi connectivity index (χ1) is 12.0. The Bertz CT molecular complexity index is 888. The summed E-state index contributed by atoms with van der Waals surface area (Å²) in [6, 6.07) is 7.64. The minimum atomic E-state index is -0.250. The van der Waals surface area contributed by atoms with E-state index in [1.54, 1.807) is 11.6 Å². The van der Waals surface area contributed by atoms with Gasteiger partial charge < -0.3 is 9.84 Å². The van der Waals surface area contributed by atoms with E-state index in [-0.39, 0.29) is 5.91 Å². The van der Waals surface area contributed by atoms with Crippen molar-refractivity contribution >= 4 is 21.8 Å². The van der Waals surface area contributed by atoms with Crippen molar-refractivity contribution in [3.05, 3.63) is 51.8 Å². The van der Waals surface area contributed by atoms with Gasteiger partial charge in [0.25, 0.3) is 5.91 Å². The van der Waals surface area contributed by atoms with Crippen LogP contribution in [0.1, 0.15) is 34.3 Å². The number of carbonyl (C=O) groups is 1. The Morgan fingerprint density at radius 3 is 2.92 bits per heavy atom. The average molecular weight is 405 g/mol. The van der Waals surface area contributed by atoms with Crippen molar-refractivity contribution < 1.29 is 9.32 Å². The monoisotopic (exact) mass is 404 g/mol. The Kier molecular flexibility index (Phi) is 5.22. The molecule has 3 rings (SSSR count). The van der Waals surface area contributed by atoms with E-state index in [9.17, 15) is 4.79 Å². The Balaban J connectivity index is 1.59. The average Bonchev–Trinajstić information content (AvgIpc) is 3.17. The number of hydrogen-bond acceptors (Lipinski definition) is 6. The summed E-state index contributed by atoms with van der Waals surface area (Å²) >= 11 is 3.42. The van der Waals surface area contributed by atoms with E-state index in [4.69, 9.17) is 4.52 Å². The molecule has 0 unspecified atom stereocenters. The van der Waals surface area contributed by atoms with Gasteiger partial charge >= 0.3 is 0 Å². The van der Waals surface area contributed by atoms with Gasteiger partial charge in [-0.05, 0) is 38.5 Å². The van der Waals surface area contributed by atoms with Gasteiger partial charge in [-0.2, -0.15) is 4.98 Å². The van der Waals surface area contributed by atoms with Crippen LogP contribution in [0.5, 0.6) is 0 Å².